The van der Waals surface area contributed by atoms with Crippen molar-refractivity contribution in [3.05, 3.63) is 60.4 Å². The highest BCUT2D eigenvalue weighted by Crippen LogP contribution is 2.31. The van der Waals surface area contributed by atoms with Crippen molar-refractivity contribution in [3.63, 3.8) is 0 Å². The summed E-state index contributed by atoms with van der Waals surface area (Å²) in [5, 5.41) is 16.5. The molecular formula is C21H22N6O3. The summed E-state index contributed by atoms with van der Waals surface area (Å²) in [6.07, 6.45) is 7.24. The topological polar surface area (TPSA) is 109 Å². The molecule has 2 N–H and O–H groups in total. The van der Waals surface area contributed by atoms with Gasteiger partial charge in [-0.25, -0.2) is 0 Å². The number of nitrogens with one attached hydrogen (secondary N) is 2. The van der Waals surface area contributed by atoms with Gasteiger partial charge in [-0.1, -0.05) is 6.07 Å². The summed E-state index contributed by atoms with van der Waals surface area (Å²) in [5.41, 5.74) is 2.30. The van der Waals surface area contributed by atoms with Crippen molar-refractivity contribution in [2.45, 2.75) is 31.0 Å². The van der Waals surface area contributed by atoms with Gasteiger partial charge in [0.25, 0.3) is 5.91 Å². The number of hydrogen-bond acceptors (Lipinski definition) is 7. The van der Waals surface area contributed by atoms with Crippen molar-refractivity contribution in [1.29, 1.82) is 0 Å². The number of amides is 1. The van der Waals surface area contributed by atoms with Gasteiger partial charge >= 0.3 is 0 Å². The quantitative estimate of drug-likeness (QED) is 0.649. The normalized spacial score (nSPS) is 23.2. The Labute approximate surface area is 173 Å². The van der Waals surface area contributed by atoms with E-state index < -0.39 is 0 Å². The Kier molecular flexibility index (Phi) is 4.80. The second-order valence-corrected chi connectivity index (χ2v) is 7.48. The maximum absolute atomic E-state index is 12.9. The molecule has 0 bridgehead atoms. The fourth-order valence-electron chi connectivity index (χ4n) is 3.81. The first kappa shape index (κ1) is 18.6. The number of carbonyl (C=O) groups excluding carboxylic acids is 1. The van der Waals surface area contributed by atoms with Crippen LogP contribution in [0.4, 0.5) is 0 Å². The Balaban J connectivity index is 1.33. The lowest BCUT2D eigenvalue weighted by atomic mass is 9.88. The van der Waals surface area contributed by atoms with Gasteiger partial charge in [-0.05, 0) is 37.1 Å². The monoisotopic (exact) mass is 406 g/mol. The molecule has 1 amide bonds. The molecule has 3 aromatic heterocycles. The van der Waals surface area contributed by atoms with Crippen LogP contribution in [0.2, 0.25) is 0 Å². The zero-order chi connectivity index (χ0) is 20.5. The number of H-pyrrole nitrogens is 1. The van der Waals surface area contributed by atoms with Crippen LogP contribution in [0.15, 0.2) is 58.4 Å². The van der Waals surface area contributed by atoms with Crippen molar-refractivity contribution < 1.29 is 13.9 Å². The SMILES string of the molecule is COC1CC(N2CC(NC(=O)c3ccc(-c4cn[nH]c4)o3)C(c3ccccn3)=N2)C1. The van der Waals surface area contributed by atoms with Gasteiger partial charge in [0.2, 0.25) is 0 Å². The number of ether oxygens (including phenoxy) is 1. The second kappa shape index (κ2) is 7.75. The van der Waals surface area contributed by atoms with Crippen LogP contribution < -0.4 is 5.32 Å². The summed E-state index contributed by atoms with van der Waals surface area (Å²) < 4.78 is 11.1. The van der Waals surface area contributed by atoms with Gasteiger partial charge in [-0.2, -0.15) is 10.2 Å². The third-order valence-electron chi connectivity index (χ3n) is 5.61. The third-order valence-corrected chi connectivity index (χ3v) is 5.61. The Morgan fingerprint density at radius 1 is 1.30 bits per heavy atom. The minimum absolute atomic E-state index is 0.244. The lowest BCUT2D eigenvalue weighted by molar-refractivity contribution is -0.0242. The third kappa shape index (κ3) is 3.48. The van der Waals surface area contributed by atoms with E-state index >= 15 is 0 Å². The van der Waals surface area contributed by atoms with Gasteiger partial charge in [0, 0.05) is 19.5 Å². The fourth-order valence-corrected chi connectivity index (χ4v) is 3.81. The molecular weight excluding hydrogens is 384 g/mol. The number of hydrogen-bond donors (Lipinski definition) is 2. The van der Waals surface area contributed by atoms with E-state index in [0.29, 0.717) is 18.3 Å². The van der Waals surface area contributed by atoms with Crippen LogP contribution in [-0.4, -0.2) is 63.7 Å². The highest BCUT2D eigenvalue weighted by molar-refractivity contribution is 6.06. The van der Waals surface area contributed by atoms with E-state index in [0.717, 1.165) is 29.8 Å². The first-order chi connectivity index (χ1) is 14.7. The Morgan fingerprint density at radius 3 is 2.93 bits per heavy atom. The number of pyridine rings is 1. The van der Waals surface area contributed by atoms with Gasteiger partial charge < -0.3 is 14.5 Å². The Morgan fingerprint density at radius 2 is 2.20 bits per heavy atom. The van der Waals surface area contributed by atoms with Gasteiger partial charge in [0.05, 0.1) is 42.2 Å². The number of furan rings is 1. The van der Waals surface area contributed by atoms with Crippen molar-refractivity contribution >= 4 is 11.6 Å². The van der Waals surface area contributed by atoms with Crippen molar-refractivity contribution in [3.8, 4) is 11.3 Å². The molecule has 5 rings (SSSR count). The molecule has 1 saturated carbocycles. The molecule has 9 heteroatoms. The van der Waals surface area contributed by atoms with E-state index in [4.69, 9.17) is 14.3 Å². The Hall–Kier alpha value is -3.46. The molecule has 1 fully saturated rings. The number of nitrogens with zero attached hydrogens (tertiary/aromatic N) is 4. The van der Waals surface area contributed by atoms with Crippen molar-refractivity contribution in [2.24, 2.45) is 5.10 Å². The van der Waals surface area contributed by atoms with Crippen LogP contribution in [0, 0.1) is 0 Å². The number of hydrazone groups is 1. The number of aromatic nitrogens is 3. The number of aromatic amines is 1. The van der Waals surface area contributed by atoms with Gasteiger partial charge in [-0.3, -0.25) is 19.9 Å². The molecule has 1 aliphatic heterocycles. The first-order valence-electron chi connectivity index (χ1n) is 9.90. The van der Waals surface area contributed by atoms with Gasteiger partial charge in [0.15, 0.2) is 5.76 Å². The van der Waals surface area contributed by atoms with Crippen LogP contribution in [0.25, 0.3) is 11.3 Å². The van der Waals surface area contributed by atoms with E-state index in [2.05, 4.69) is 20.5 Å². The van der Waals surface area contributed by atoms with E-state index in [-0.39, 0.29) is 23.8 Å². The molecule has 2 aliphatic rings. The zero-order valence-electron chi connectivity index (χ0n) is 16.5. The minimum atomic E-state index is -0.288. The molecule has 0 aromatic carbocycles. The summed E-state index contributed by atoms with van der Waals surface area (Å²) in [7, 11) is 1.73. The summed E-state index contributed by atoms with van der Waals surface area (Å²) >= 11 is 0. The van der Waals surface area contributed by atoms with Crippen molar-refractivity contribution in [1.82, 2.24) is 25.5 Å². The van der Waals surface area contributed by atoms with Gasteiger partial charge in [-0.15, -0.1) is 0 Å². The van der Waals surface area contributed by atoms with Crippen LogP contribution in [0.1, 0.15) is 29.1 Å². The van der Waals surface area contributed by atoms with Crippen molar-refractivity contribution in [2.75, 3.05) is 13.7 Å². The van der Waals surface area contributed by atoms with E-state index in [9.17, 15) is 4.79 Å². The van der Waals surface area contributed by atoms with Crippen LogP contribution in [-0.2, 0) is 4.74 Å². The highest BCUT2D eigenvalue weighted by atomic mass is 16.5. The maximum Gasteiger partial charge on any atom is 0.287 e. The smallest absolute Gasteiger partial charge is 0.287 e. The molecule has 0 spiro atoms. The molecule has 154 valence electrons. The summed E-state index contributed by atoms with van der Waals surface area (Å²) in [6, 6.07) is 9.14. The summed E-state index contributed by atoms with van der Waals surface area (Å²) in [6.45, 7) is 0.591. The Bertz CT molecular complexity index is 1040. The standard InChI is InChI=1S/C21H22N6O3/c1-29-15-8-14(9-15)27-12-17(20(26-27)16-4-2-3-7-22-16)25-21(28)19-6-5-18(30-19)13-10-23-24-11-13/h2-7,10-11,14-15,17H,8-9,12H2,1H3,(H,23,24)(H,25,28). The second-order valence-electron chi connectivity index (χ2n) is 7.48. The minimum Gasteiger partial charge on any atom is -0.451 e. The largest absolute Gasteiger partial charge is 0.451 e. The zero-order valence-corrected chi connectivity index (χ0v) is 16.5. The average molecular weight is 406 g/mol. The molecule has 1 aliphatic carbocycles. The van der Waals surface area contributed by atoms with E-state index in [1.165, 1.54) is 0 Å². The lowest BCUT2D eigenvalue weighted by Gasteiger charge is -2.39. The van der Waals surface area contributed by atoms with Crippen LogP contribution in [0.3, 0.4) is 0 Å². The molecule has 30 heavy (non-hydrogen) atoms. The van der Waals surface area contributed by atoms with E-state index in [1.807, 2.05) is 23.2 Å². The molecule has 0 radical (unpaired) electrons. The average Bonchev–Trinajstić information content (AvgIpc) is 3.48. The molecule has 1 unspecified atom stereocenters. The number of methoxy groups -OCH3 is 1. The molecule has 0 saturated heterocycles. The molecule has 4 heterocycles. The lowest BCUT2D eigenvalue weighted by Crippen LogP contribution is -2.48. The number of carbonyl (C=O) groups is 1. The molecule has 3 aromatic rings. The number of rotatable bonds is 6. The summed E-state index contributed by atoms with van der Waals surface area (Å²) in [4.78, 5) is 17.3. The van der Waals surface area contributed by atoms with Crippen LogP contribution >= 0.6 is 0 Å². The predicted octanol–water partition coefficient (Wildman–Crippen LogP) is 2.06. The molecule has 1 atom stereocenters. The first-order valence-corrected chi connectivity index (χ1v) is 9.90. The molecule has 9 nitrogen and oxygen atoms in total. The van der Waals surface area contributed by atoms with E-state index in [1.54, 1.807) is 37.8 Å². The fraction of sp³-hybridized carbons (Fsp3) is 0.333. The predicted molar refractivity (Wildman–Crippen MR) is 109 cm³/mol. The highest BCUT2D eigenvalue weighted by Gasteiger charge is 2.39. The van der Waals surface area contributed by atoms with Gasteiger partial charge in [0.1, 0.15) is 11.5 Å². The summed E-state index contributed by atoms with van der Waals surface area (Å²) in [5.74, 6) is 0.539. The maximum atomic E-state index is 12.9. The van der Waals surface area contributed by atoms with Crippen LogP contribution in [0.5, 0.6) is 0 Å².